The molecule has 0 unspecified atom stereocenters. The summed E-state index contributed by atoms with van der Waals surface area (Å²) in [6.07, 6.45) is -0.0564. The first-order valence-electron chi connectivity index (χ1n) is 6.49. The van der Waals surface area contributed by atoms with Crippen molar-refractivity contribution in [2.45, 2.75) is 38.2 Å². The van der Waals surface area contributed by atoms with Crippen LogP contribution in [0.25, 0.3) is 0 Å². The Bertz CT molecular complexity index is 447. The molecule has 2 rings (SSSR count). The van der Waals surface area contributed by atoms with Gasteiger partial charge in [-0.15, -0.1) is 0 Å². The summed E-state index contributed by atoms with van der Waals surface area (Å²) < 4.78 is 24.9. The smallest absolute Gasteiger partial charge is 0.255 e. The largest absolute Gasteiger partial charge is 0.399 e. The minimum absolute atomic E-state index is 0.0228. The van der Waals surface area contributed by atoms with Crippen LogP contribution in [0.1, 0.15) is 24.8 Å². The van der Waals surface area contributed by atoms with Gasteiger partial charge < -0.3 is 10.6 Å². The van der Waals surface area contributed by atoms with E-state index in [2.05, 4.69) is 0 Å². The summed E-state index contributed by atoms with van der Waals surface area (Å²) in [5.74, 6) is -0.203. The Morgan fingerprint density at radius 1 is 1.37 bits per heavy atom. The lowest BCUT2D eigenvalue weighted by Crippen LogP contribution is -2.37. The molecule has 1 amide bonds. The Balaban J connectivity index is 1.90. The number of halogens is 2. The Kier molecular flexibility index (Phi) is 4.35. The summed E-state index contributed by atoms with van der Waals surface area (Å²) in [4.78, 5) is 13.3. The second kappa shape index (κ2) is 5.99. The van der Waals surface area contributed by atoms with Crippen LogP contribution < -0.4 is 5.73 Å². The molecule has 0 saturated heterocycles. The van der Waals surface area contributed by atoms with Gasteiger partial charge >= 0.3 is 0 Å². The third kappa shape index (κ3) is 3.91. The third-order valence-electron chi connectivity index (χ3n) is 3.31. The maximum Gasteiger partial charge on any atom is 0.255 e. The highest BCUT2D eigenvalue weighted by atomic mass is 19.3. The van der Waals surface area contributed by atoms with Gasteiger partial charge in [0.1, 0.15) is 0 Å². The van der Waals surface area contributed by atoms with Gasteiger partial charge in [-0.1, -0.05) is 18.2 Å². The van der Waals surface area contributed by atoms with Crippen LogP contribution >= 0.6 is 0 Å². The third-order valence-corrected chi connectivity index (χ3v) is 3.31. The second-order valence-corrected chi connectivity index (χ2v) is 4.87. The lowest BCUT2D eigenvalue weighted by Gasteiger charge is -2.22. The van der Waals surface area contributed by atoms with Crippen molar-refractivity contribution >= 4 is 11.6 Å². The predicted octanol–water partition coefficient (Wildman–Crippen LogP) is 2.46. The fraction of sp³-hybridized carbons (Fsp3) is 0.500. The van der Waals surface area contributed by atoms with Crippen molar-refractivity contribution < 1.29 is 13.6 Å². The molecule has 0 aliphatic heterocycles. The number of hydrogen-bond donors (Lipinski definition) is 1. The Labute approximate surface area is 111 Å². The van der Waals surface area contributed by atoms with Crippen LogP contribution in [0.4, 0.5) is 14.5 Å². The number of nitrogens with zero attached hydrogens (tertiary/aromatic N) is 1. The van der Waals surface area contributed by atoms with E-state index in [4.69, 9.17) is 5.73 Å². The van der Waals surface area contributed by atoms with Crippen molar-refractivity contribution in [1.82, 2.24) is 4.90 Å². The minimum atomic E-state index is -2.47. The Morgan fingerprint density at radius 3 is 2.63 bits per heavy atom. The van der Waals surface area contributed by atoms with E-state index in [1.54, 1.807) is 6.07 Å². The Morgan fingerprint density at radius 2 is 2.05 bits per heavy atom. The number of rotatable bonds is 6. The number of nitrogen functional groups attached to an aromatic ring is 1. The average molecular weight is 268 g/mol. The molecule has 5 heteroatoms. The quantitative estimate of drug-likeness (QED) is 0.806. The summed E-state index contributed by atoms with van der Waals surface area (Å²) in [6.45, 7) is -0.451. The van der Waals surface area contributed by atoms with Crippen molar-refractivity contribution in [1.29, 1.82) is 0 Å². The minimum Gasteiger partial charge on any atom is -0.399 e. The molecule has 0 radical (unpaired) electrons. The summed E-state index contributed by atoms with van der Waals surface area (Å²) in [5.41, 5.74) is 7.32. The van der Waals surface area contributed by atoms with E-state index in [1.807, 2.05) is 18.2 Å². The van der Waals surface area contributed by atoms with Gasteiger partial charge in [0.25, 0.3) is 6.43 Å². The van der Waals surface area contributed by atoms with Gasteiger partial charge in [-0.2, -0.15) is 0 Å². The highest BCUT2D eigenvalue weighted by Crippen LogP contribution is 2.28. The highest BCUT2D eigenvalue weighted by Gasteiger charge is 2.33. The average Bonchev–Trinajstić information content (AvgIpc) is 3.18. The van der Waals surface area contributed by atoms with E-state index in [-0.39, 0.29) is 18.4 Å². The number of alkyl halides is 2. The number of benzene rings is 1. The molecule has 0 aromatic heterocycles. The van der Waals surface area contributed by atoms with E-state index in [0.717, 1.165) is 18.4 Å². The summed E-state index contributed by atoms with van der Waals surface area (Å²) >= 11 is 0. The summed E-state index contributed by atoms with van der Waals surface area (Å²) in [5, 5.41) is 0. The molecule has 1 aromatic carbocycles. The van der Waals surface area contributed by atoms with Crippen LogP contribution in [0.15, 0.2) is 24.3 Å². The molecule has 1 aromatic rings. The first kappa shape index (κ1) is 13.8. The Hall–Kier alpha value is -1.65. The van der Waals surface area contributed by atoms with Gasteiger partial charge in [-0.05, 0) is 30.9 Å². The van der Waals surface area contributed by atoms with Crippen LogP contribution in [0.3, 0.4) is 0 Å². The van der Waals surface area contributed by atoms with Crippen LogP contribution in [0.2, 0.25) is 0 Å². The zero-order valence-corrected chi connectivity index (χ0v) is 10.7. The maximum atomic E-state index is 12.4. The van der Waals surface area contributed by atoms with Crippen molar-refractivity contribution in [3.05, 3.63) is 29.8 Å². The first-order chi connectivity index (χ1) is 9.08. The number of hydrogen-bond acceptors (Lipinski definition) is 2. The molecule has 1 aliphatic rings. The monoisotopic (exact) mass is 268 g/mol. The lowest BCUT2D eigenvalue weighted by atomic mass is 10.1. The van der Waals surface area contributed by atoms with Gasteiger partial charge in [-0.3, -0.25) is 4.79 Å². The molecule has 19 heavy (non-hydrogen) atoms. The topological polar surface area (TPSA) is 46.3 Å². The summed E-state index contributed by atoms with van der Waals surface area (Å²) in [7, 11) is 0. The zero-order valence-electron chi connectivity index (χ0n) is 10.7. The van der Waals surface area contributed by atoms with E-state index in [1.165, 1.54) is 4.90 Å². The van der Waals surface area contributed by atoms with E-state index in [9.17, 15) is 13.6 Å². The molecular weight excluding hydrogens is 250 g/mol. The van der Waals surface area contributed by atoms with Crippen molar-refractivity contribution in [2.75, 3.05) is 12.3 Å². The molecule has 1 saturated carbocycles. The number of anilines is 1. The predicted molar refractivity (Wildman–Crippen MR) is 69.9 cm³/mol. The molecule has 3 nitrogen and oxygen atoms in total. The fourth-order valence-corrected chi connectivity index (χ4v) is 2.14. The number of carbonyl (C=O) groups is 1. The number of amides is 1. The number of carbonyl (C=O) groups excluding carboxylic acids is 1. The molecule has 1 fully saturated rings. The molecule has 1 aliphatic carbocycles. The van der Waals surface area contributed by atoms with Gasteiger partial charge in [0.2, 0.25) is 5.91 Å². The molecule has 104 valence electrons. The lowest BCUT2D eigenvalue weighted by molar-refractivity contribution is -0.133. The van der Waals surface area contributed by atoms with Crippen LogP contribution in [-0.4, -0.2) is 29.8 Å². The number of para-hydroxylation sites is 1. The van der Waals surface area contributed by atoms with Crippen LogP contribution in [-0.2, 0) is 11.2 Å². The number of nitrogens with two attached hydrogens (primary N) is 1. The molecule has 0 atom stereocenters. The maximum absolute atomic E-state index is 12.4. The standard InChI is InChI=1S/C14H18F2N2O/c15-13(16)9-18(11-6-7-11)14(19)8-5-10-3-1-2-4-12(10)17/h1-4,11,13H,5-9,17H2. The van der Waals surface area contributed by atoms with Crippen molar-refractivity contribution in [2.24, 2.45) is 0 Å². The fourth-order valence-electron chi connectivity index (χ4n) is 2.14. The van der Waals surface area contributed by atoms with Gasteiger partial charge in [-0.25, -0.2) is 8.78 Å². The van der Waals surface area contributed by atoms with Gasteiger partial charge in [0, 0.05) is 18.2 Å². The molecular formula is C14H18F2N2O. The summed E-state index contributed by atoms with van der Waals surface area (Å²) in [6, 6.07) is 7.34. The first-order valence-corrected chi connectivity index (χ1v) is 6.49. The molecule has 2 N–H and O–H groups in total. The van der Waals surface area contributed by atoms with Gasteiger partial charge in [0.05, 0.1) is 6.54 Å². The number of aryl methyl sites for hydroxylation is 1. The van der Waals surface area contributed by atoms with Crippen molar-refractivity contribution in [3.8, 4) is 0 Å². The highest BCUT2D eigenvalue weighted by molar-refractivity contribution is 5.77. The second-order valence-electron chi connectivity index (χ2n) is 4.87. The zero-order chi connectivity index (χ0) is 13.8. The van der Waals surface area contributed by atoms with Crippen molar-refractivity contribution in [3.63, 3.8) is 0 Å². The van der Waals surface area contributed by atoms with Gasteiger partial charge in [0.15, 0.2) is 0 Å². The van der Waals surface area contributed by atoms with E-state index in [0.29, 0.717) is 12.1 Å². The molecule has 0 spiro atoms. The molecule has 0 heterocycles. The van der Waals surface area contributed by atoms with Crippen LogP contribution in [0, 0.1) is 0 Å². The normalized spacial score (nSPS) is 14.7. The molecule has 0 bridgehead atoms. The van der Waals surface area contributed by atoms with Crippen LogP contribution in [0.5, 0.6) is 0 Å². The van der Waals surface area contributed by atoms with E-state index < -0.39 is 13.0 Å². The van der Waals surface area contributed by atoms with E-state index >= 15 is 0 Å². The SMILES string of the molecule is Nc1ccccc1CCC(=O)N(CC(F)F)C1CC1.